The van der Waals surface area contributed by atoms with Crippen LogP contribution >= 0.6 is 24.0 Å². The largest absolute Gasteiger partial charge is 0.380 e. The standard InChI is InChI=1S/C21H28N4O2.HI/c1-26-16-19-8-4-5-9-20(19)24-21(22)23-14-17-6-2-3-7-18(17)15-25-10-12-27-13-11-25;/h2-9H,10-16H2,1H3,(H3,22,23,24);1H. The number of nitrogens with two attached hydrogens (primary N) is 1. The topological polar surface area (TPSA) is 72.1 Å². The fourth-order valence-corrected chi connectivity index (χ4v) is 3.14. The van der Waals surface area contributed by atoms with Crippen molar-refractivity contribution in [3.8, 4) is 0 Å². The minimum Gasteiger partial charge on any atom is -0.380 e. The summed E-state index contributed by atoms with van der Waals surface area (Å²) in [4.78, 5) is 6.96. The van der Waals surface area contributed by atoms with Crippen LogP contribution in [-0.2, 0) is 29.2 Å². The lowest BCUT2D eigenvalue weighted by Crippen LogP contribution is -2.35. The van der Waals surface area contributed by atoms with E-state index in [2.05, 4.69) is 33.4 Å². The summed E-state index contributed by atoms with van der Waals surface area (Å²) < 4.78 is 10.7. The van der Waals surface area contributed by atoms with Crippen LogP contribution in [0.5, 0.6) is 0 Å². The summed E-state index contributed by atoms with van der Waals surface area (Å²) in [5, 5.41) is 3.19. The number of morpholine rings is 1. The quantitative estimate of drug-likeness (QED) is 0.350. The van der Waals surface area contributed by atoms with E-state index < -0.39 is 0 Å². The van der Waals surface area contributed by atoms with Gasteiger partial charge in [-0.25, -0.2) is 4.99 Å². The Morgan fingerprint density at radius 2 is 1.71 bits per heavy atom. The molecule has 0 aliphatic carbocycles. The average Bonchev–Trinajstić information content (AvgIpc) is 2.70. The van der Waals surface area contributed by atoms with Crippen LogP contribution in [0.15, 0.2) is 53.5 Å². The molecule has 1 heterocycles. The Hall–Kier alpha value is -1.68. The maximum Gasteiger partial charge on any atom is 0.193 e. The van der Waals surface area contributed by atoms with Crippen LogP contribution in [0, 0.1) is 0 Å². The predicted octanol–water partition coefficient (Wildman–Crippen LogP) is 3.21. The van der Waals surface area contributed by atoms with E-state index in [1.807, 2.05) is 30.3 Å². The Bertz CT molecular complexity index is 764. The van der Waals surface area contributed by atoms with Gasteiger partial charge in [-0.2, -0.15) is 0 Å². The van der Waals surface area contributed by atoms with Crippen LogP contribution in [-0.4, -0.2) is 44.3 Å². The number of halogens is 1. The minimum absolute atomic E-state index is 0. The van der Waals surface area contributed by atoms with Gasteiger partial charge in [-0.3, -0.25) is 4.90 Å². The molecular formula is C21H29IN4O2. The van der Waals surface area contributed by atoms with Gasteiger partial charge in [-0.05, 0) is 17.2 Å². The molecule has 2 aromatic rings. The molecule has 1 saturated heterocycles. The Labute approximate surface area is 184 Å². The summed E-state index contributed by atoms with van der Waals surface area (Å²) in [7, 11) is 1.68. The van der Waals surface area contributed by atoms with E-state index in [4.69, 9.17) is 15.2 Å². The van der Waals surface area contributed by atoms with Crippen molar-refractivity contribution in [2.24, 2.45) is 10.7 Å². The molecule has 3 N–H and O–H groups in total. The van der Waals surface area contributed by atoms with Crippen molar-refractivity contribution in [1.82, 2.24) is 4.90 Å². The van der Waals surface area contributed by atoms with Crippen molar-refractivity contribution < 1.29 is 9.47 Å². The van der Waals surface area contributed by atoms with Crippen molar-refractivity contribution in [3.05, 3.63) is 65.2 Å². The first-order valence-electron chi connectivity index (χ1n) is 9.27. The summed E-state index contributed by atoms with van der Waals surface area (Å²) in [6, 6.07) is 16.3. The van der Waals surface area contributed by atoms with E-state index in [-0.39, 0.29) is 24.0 Å². The van der Waals surface area contributed by atoms with E-state index in [1.165, 1.54) is 11.1 Å². The highest BCUT2D eigenvalue weighted by Gasteiger charge is 2.12. The number of benzene rings is 2. The number of nitrogens with zero attached hydrogens (tertiary/aromatic N) is 2. The van der Waals surface area contributed by atoms with Crippen molar-refractivity contribution in [2.45, 2.75) is 19.7 Å². The number of para-hydroxylation sites is 1. The van der Waals surface area contributed by atoms with E-state index in [0.29, 0.717) is 19.1 Å². The first-order chi connectivity index (χ1) is 13.3. The van der Waals surface area contributed by atoms with Gasteiger partial charge in [-0.1, -0.05) is 42.5 Å². The molecule has 0 saturated carbocycles. The Morgan fingerprint density at radius 3 is 2.43 bits per heavy atom. The summed E-state index contributed by atoms with van der Waals surface area (Å²) in [5.74, 6) is 0.403. The lowest BCUT2D eigenvalue weighted by atomic mass is 10.1. The fourth-order valence-electron chi connectivity index (χ4n) is 3.14. The molecule has 2 aromatic carbocycles. The number of hydrogen-bond donors (Lipinski definition) is 2. The molecule has 152 valence electrons. The van der Waals surface area contributed by atoms with E-state index in [9.17, 15) is 0 Å². The van der Waals surface area contributed by atoms with Gasteiger partial charge in [-0.15, -0.1) is 24.0 Å². The van der Waals surface area contributed by atoms with Gasteiger partial charge in [0.15, 0.2) is 5.96 Å². The molecule has 0 unspecified atom stereocenters. The maximum absolute atomic E-state index is 6.12. The number of aliphatic imine (C=N–C) groups is 1. The number of hydrogen-bond acceptors (Lipinski definition) is 4. The predicted molar refractivity (Wildman–Crippen MR) is 124 cm³/mol. The molecule has 1 aliphatic rings. The van der Waals surface area contributed by atoms with Gasteiger partial charge in [0.25, 0.3) is 0 Å². The third kappa shape index (κ3) is 6.73. The molecule has 28 heavy (non-hydrogen) atoms. The molecule has 0 amide bonds. The summed E-state index contributed by atoms with van der Waals surface area (Å²) in [6.07, 6.45) is 0. The Kier molecular flexibility index (Phi) is 9.69. The zero-order chi connectivity index (χ0) is 18.9. The average molecular weight is 496 g/mol. The lowest BCUT2D eigenvalue weighted by molar-refractivity contribution is 0.0341. The maximum atomic E-state index is 6.12. The second-order valence-electron chi connectivity index (χ2n) is 6.57. The Morgan fingerprint density at radius 1 is 1.07 bits per heavy atom. The molecular weight excluding hydrogens is 467 g/mol. The highest BCUT2D eigenvalue weighted by atomic mass is 127. The molecule has 0 atom stereocenters. The zero-order valence-corrected chi connectivity index (χ0v) is 18.6. The van der Waals surface area contributed by atoms with Crippen LogP contribution in [0.2, 0.25) is 0 Å². The monoisotopic (exact) mass is 496 g/mol. The van der Waals surface area contributed by atoms with Crippen LogP contribution in [0.4, 0.5) is 5.69 Å². The molecule has 7 heteroatoms. The Balaban J connectivity index is 0.00000280. The SMILES string of the molecule is COCc1ccccc1NC(N)=NCc1ccccc1CN1CCOCC1.I. The first-order valence-corrected chi connectivity index (χ1v) is 9.27. The van der Waals surface area contributed by atoms with E-state index >= 15 is 0 Å². The lowest BCUT2D eigenvalue weighted by Gasteiger charge is -2.27. The summed E-state index contributed by atoms with van der Waals surface area (Å²) in [6.45, 7) is 5.54. The van der Waals surface area contributed by atoms with E-state index in [0.717, 1.165) is 44.1 Å². The number of ether oxygens (including phenoxy) is 2. The number of methoxy groups -OCH3 is 1. The number of anilines is 1. The molecule has 0 bridgehead atoms. The smallest absolute Gasteiger partial charge is 0.193 e. The van der Waals surface area contributed by atoms with Crippen LogP contribution in [0.1, 0.15) is 16.7 Å². The van der Waals surface area contributed by atoms with Gasteiger partial charge in [0, 0.05) is 38.0 Å². The van der Waals surface area contributed by atoms with Gasteiger partial charge < -0.3 is 20.5 Å². The molecule has 6 nitrogen and oxygen atoms in total. The van der Waals surface area contributed by atoms with Gasteiger partial charge in [0.1, 0.15) is 0 Å². The van der Waals surface area contributed by atoms with Crippen LogP contribution < -0.4 is 11.1 Å². The zero-order valence-electron chi connectivity index (χ0n) is 16.3. The number of nitrogens with one attached hydrogen (secondary N) is 1. The van der Waals surface area contributed by atoms with Crippen molar-refractivity contribution >= 4 is 35.6 Å². The fraction of sp³-hybridized carbons (Fsp3) is 0.381. The van der Waals surface area contributed by atoms with Crippen molar-refractivity contribution in [1.29, 1.82) is 0 Å². The second kappa shape index (κ2) is 12.0. The third-order valence-corrected chi connectivity index (χ3v) is 4.62. The first kappa shape index (κ1) is 22.6. The molecule has 1 aliphatic heterocycles. The molecule has 3 rings (SSSR count). The highest BCUT2D eigenvalue weighted by Crippen LogP contribution is 2.16. The molecule has 0 radical (unpaired) electrons. The second-order valence-corrected chi connectivity index (χ2v) is 6.57. The molecule has 0 spiro atoms. The van der Waals surface area contributed by atoms with Gasteiger partial charge in [0.2, 0.25) is 0 Å². The van der Waals surface area contributed by atoms with Crippen molar-refractivity contribution in [2.75, 3.05) is 38.7 Å². The molecule has 1 fully saturated rings. The van der Waals surface area contributed by atoms with Crippen LogP contribution in [0.3, 0.4) is 0 Å². The third-order valence-electron chi connectivity index (χ3n) is 4.62. The van der Waals surface area contributed by atoms with Crippen LogP contribution in [0.25, 0.3) is 0 Å². The summed E-state index contributed by atoms with van der Waals surface area (Å²) in [5.41, 5.74) is 10.6. The normalized spacial score (nSPS) is 15.1. The van der Waals surface area contributed by atoms with Gasteiger partial charge in [0.05, 0.1) is 26.4 Å². The van der Waals surface area contributed by atoms with Gasteiger partial charge >= 0.3 is 0 Å². The van der Waals surface area contributed by atoms with E-state index in [1.54, 1.807) is 7.11 Å². The number of rotatable bonds is 7. The summed E-state index contributed by atoms with van der Waals surface area (Å²) >= 11 is 0. The molecule has 0 aromatic heterocycles. The van der Waals surface area contributed by atoms with Crippen molar-refractivity contribution in [3.63, 3.8) is 0 Å². The number of guanidine groups is 1. The highest BCUT2D eigenvalue weighted by molar-refractivity contribution is 14.0. The minimum atomic E-state index is 0.